The third-order valence-electron chi connectivity index (χ3n) is 5.56. The molecule has 0 aliphatic carbocycles. The number of piperidine rings is 1. The molecule has 32 heavy (non-hydrogen) atoms. The fourth-order valence-corrected chi connectivity index (χ4v) is 5.42. The van der Waals surface area contributed by atoms with Gasteiger partial charge in [0.05, 0.1) is 16.1 Å². The Kier molecular flexibility index (Phi) is 6.90. The van der Waals surface area contributed by atoms with Crippen molar-refractivity contribution in [1.29, 1.82) is 0 Å². The van der Waals surface area contributed by atoms with E-state index in [9.17, 15) is 26.4 Å². The summed E-state index contributed by atoms with van der Waals surface area (Å²) >= 11 is 5.86. The van der Waals surface area contributed by atoms with E-state index in [2.05, 4.69) is 5.32 Å². The number of hydrogen-bond acceptors (Lipinski definition) is 4. The summed E-state index contributed by atoms with van der Waals surface area (Å²) in [6.45, 7) is 1.87. The zero-order chi connectivity index (χ0) is 23.7. The van der Waals surface area contributed by atoms with Gasteiger partial charge in [0.1, 0.15) is 4.90 Å². The predicted octanol–water partition coefficient (Wildman–Crippen LogP) is 4.04. The van der Waals surface area contributed by atoms with Crippen LogP contribution in [0.15, 0.2) is 47.4 Å². The summed E-state index contributed by atoms with van der Waals surface area (Å²) in [5.74, 6) is -0.425. The molecule has 3 N–H and O–H groups in total. The molecule has 2 aromatic rings. The fraction of sp³-hybridized carbons (Fsp3) is 0.381. The first-order valence-corrected chi connectivity index (χ1v) is 11.7. The fourth-order valence-electron chi connectivity index (χ4n) is 3.46. The minimum Gasteiger partial charge on any atom is -0.324 e. The number of hydrogen-bond donors (Lipinski definition) is 2. The summed E-state index contributed by atoms with van der Waals surface area (Å²) < 4.78 is 65.4. The van der Waals surface area contributed by atoms with Crippen LogP contribution in [-0.4, -0.2) is 37.3 Å². The first kappa shape index (κ1) is 24.5. The van der Waals surface area contributed by atoms with E-state index >= 15 is 0 Å². The lowest BCUT2D eigenvalue weighted by atomic mass is 9.88. The second-order valence-electron chi connectivity index (χ2n) is 7.71. The lowest BCUT2D eigenvalue weighted by Crippen LogP contribution is -2.58. The standard InChI is InChI=1S/C21H23ClF3N3O3S/c1-2-14-3-6-16(7-4-14)27-19(29)20(26)9-11-28(12-10-20)32(30,31)18-8-5-15(13-17(18)22)21(23,24)25/h3-8,13H,2,9-12,26H2,1H3,(H,27,29). The summed E-state index contributed by atoms with van der Waals surface area (Å²) in [7, 11) is -4.15. The maximum atomic E-state index is 12.9. The molecule has 1 fully saturated rings. The third-order valence-corrected chi connectivity index (χ3v) is 7.95. The van der Waals surface area contributed by atoms with Crippen LogP contribution in [0.2, 0.25) is 5.02 Å². The van der Waals surface area contributed by atoms with Crippen molar-refractivity contribution < 1.29 is 26.4 Å². The van der Waals surface area contributed by atoms with Gasteiger partial charge in [-0.05, 0) is 55.2 Å². The van der Waals surface area contributed by atoms with E-state index in [-0.39, 0.29) is 25.9 Å². The molecule has 0 spiro atoms. The van der Waals surface area contributed by atoms with Crippen LogP contribution in [0, 0.1) is 0 Å². The first-order valence-electron chi connectivity index (χ1n) is 9.93. The van der Waals surface area contributed by atoms with Crippen LogP contribution in [0.4, 0.5) is 18.9 Å². The van der Waals surface area contributed by atoms with Crippen molar-refractivity contribution in [1.82, 2.24) is 4.31 Å². The van der Waals surface area contributed by atoms with Crippen molar-refractivity contribution in [2.45, 2.75) is 42.8 Å². The Labute approximate surface area is 189 Å². The maximum Gasteiger partial charge on any atom is 0.416 e. The second-order valence-corrected chi connectivity index (χ2v) is 10.0. The lowest BCUT2D eigenvalue weighted by Gasteiger charge is -2.37. The molecule has 3 rings (SSSR count). The molecule has 2 aromatic carbocycles. The number of amides is 1. The minimum atomic E-state index is -4.64. The van der Waals surface area contributed by atoms with Crippen LogP contribution in [0.3, 0.4) is 0 Å². The molecular formula is C21H23ClF3N3O3S. The van der Waals surface area contributed by atoms with Crippen molar-refractivity contribution in [2.24, 2.45) is 5.73 Å². The van der Waals surface area contributed by atoms with Crippen molar-refractivity contribution >= 4 is 33.2 Å². The summed E-state index contributed by atoms with van der Waals surface area (Å²) in [4.78, 5) is 12.3. The van der Waals surface area contributed by atoms with Crippen LogP contribution in [0.5, 0.6) is 0 Å². The van der Waals surface area contributed by atoms with Crippen LogP contribution in [0.1, 0.15) is 30.9 Å². The summed E-state index contributed by atoms with van der Waals surface area (Å²) in [6, 6.07) is 9.43. The van der Waals surface area contributed by atoms with Crippen molar-refractivity contribution in [2.75, 3.05) is 18.4 Å². The van der Waals surface area contributed by atoms with Gasteiger partial charge in [-0.1, -0.05) is 30.7 Å². The van der Waals surface area contributed by atoms with E-state index in [4.69, 9.17) is 17.3 Å². The zero-order valence-electron chi connectivity index (χ0n) is 17.2. The van der Waals surface area contributed by atoms with E-state index < -0.39 is 43.1 Å². The number of rotatable bonds is 5. The largest absolute Gasteiger partial charge is 0.416 e. The minimum absolute atomic E-state index is 0.0450. The molecule has 11 heteroatoms. The molecule has 1 heterocycles. The van der Waals surface area contributed by atoms with Gasteiger partial charge in [0, 0.05) is 18.8 Å². The molecule has 1 amide bonds. The second kappa shape index (κ2) is 9.01. The van der Waals surface area contributed by atoms with Crippen molar-refractivity contribution in [3.63, 3.8) is 0 Å². The number of halogens is 4. The number of alkyl halides is 3. The van der Waals surface area contributed by atoms with Crippen LogP contribution in [0.25, 0.3) is 0 Å². The van der Waals surface area contributed by atoms with Gasteiger partial charge in [0.2, 0.25) is 15.9 Å². The summed E-state index contributed by atoms with van der Waals surface area (Å²) in [6.07, 6.45) is -3.69. The van der Waals surface area contributed by atoms with Crippen molar-refractivity contribution in [3.05, 3.63) is 58.6 Å². The molecular weight excluding hydrogens is 467 g/mol. The molecule has 0 bridgehead atoms. The first-order chi connectivity index (χ1) is 14.9. The van der Waals surface area contributed by atoms with Crippen molar-refractivity contribution in [3.8, 4) is 0 Å². The number of nitrogens with zero attached hydrogens (tertiary/aromatic N) is 1. The van der Waals surface area contributed by atoms with Gasteiger partial charge in [-0.25, -0.2) is 8.42 Å². The van der Waals surface area contributed by atoms with E-state index in [0.29, 0.717) is 17.8 Å². The van der Waals surface area contributed by atoms with Gasteiger partial charge in [0.15, 0.2) is 0 Å². The highest BCUT2D eigenvalue weighted by Gasteiger charge is 2.42. The molecule has 174 valence electrons. The average Bonchev–Trinajstić information content (AvgIpc) is 2.73. The Balaban J connectivity index is 1.70. The molecule has 0 aromatic heterocycles. The Hall–Kier alpha value is -2.14. The number of carbonyl (C=O) groups excluding carboxylic acids is 1. The highest BCUT2D eigenvalue weighted by atomic mass is 35.5. The van der Waals surface area contributed by atoms with Gasteiger partial charge < -0.3 is 11.1 Å². The maximum absolute atomic E-state index is 12.9. The number of sulfonamides is 1. The molecule has 0 atom stereocenters. The topological polar surface area (TPSA) is 92.5 Å². The Bertz CT molecular complexity index is 1100. The molecule has 1 aliphatic heterocycles. The number of aryl methyl sites for hydroxylation is 1. The van der Waals surface area contributed by atoms with E-state index in [1.165, 1.54) is 0 Å². The van der Waals surface area contributed by atoms with Crippen LogP contribution >= 0.6 is 11.6 Å². The number of nitrogens with two attached hydrogens (primary N) is 1. The monoisotopic (exact) mass is 489 g/mol. The van der Waals surface area contributed by atoms with Gasteiger partial charge in [-0.2, -0.15) is 17.5 Å². The molecule has 6 nitrogen and oxygen atoms in total. The Morgan fingerprint density at radius 2 is 1.75 bits per heavy atom. The number of carbonyl (C=O) groups is 1. The van der Waals surface area contributed by atoms with Gasteiger partial charge in [0.25, 0.3) is 0 Å². The zero-order valence-corrected chi connectivity index (χ0v) is 18.8. The van der Waals surface area contributed by atoms with Crippen LogP contribution < -0.4 is 11.1 Å². The molecule has 1 saturated heterocycles. The van der Waals surface area contributed by atoms with Crippen LogP contribution in [-0.2, 0) is 27.4 Å². The van der Waals surface area contributed by atoms with Gasteiger partial charge in [-0.15, -0.1) is 0 Å². The van der Waals surface area contributed by atoms with E-state index in [0.717, 1.165) is 22.4 Å². The molecule has 1 aliphatic rings. The van der Waals surface area contributed by atoms with Gasteiger partial charge >= 0.3 is 6.18 Å². The molecule has 0 radical (unpaired) electrons. The SMILES string of the molecule is CCc1ccc(NC(=O)C2(N)CCN(S(=O)(=O)c3ccc(C(F)(F)F)cc3Cl)CC2)cc1. The molecule has 0 saturated carbocycles. The van der Waals surface area contributed by atoms with Gasteiger partial charge in [-0.3, -0.25) is 4.79 Å². The highest BCUT2D eigenvalue weighted by molar-refractivity contribution is 7.89. The molecule has 0 unspecified atom stereocenters. The third kappa shape index (κ3) is 5.09. The van der Waals surface area contributed by atoms with E-state index in [1.807, 2.05) is 19.1 Å². The highest BCUT2D eigenvalue weighted by Crippen LogP contribution is 2.35. The average molecular weight is 490 g/mol. The summed E-state index contributed by atoms with van der Waals surface area (Å²) in [5.41, 5.74) is 5.65. The van der Waals surface area contributed by atoms with E-state index in [1.54, 1.807) is 12.1 Å². The summed E-state index contributed by atoms with van der Waals surface area (Å²) in [5, 5.41) is 2.24. The smallest absolute Gasteiger partial charge is 0.324 e. The Morgan fingerprint density at radius 3 is 2.25 bits per heavy atom. The lowest BCUT2D eigenvalue weighted by molar-refractivity contribution is -0.137. The number of benzene rings is 2. The quantitative estimate of drug-likeness (QED) is 0.663. The number of anilines is 1. The number of nitrogens with one attached hydrogen (secondary N) is 1. The normalized spacial score (nSPS) is 17.2. The predicted molar refractivity (Wildman–Crippen MR) is 116 cm³/mol. The Morgan fingerprint density at radius 1 is 1.16 bits per heavy atom.